The molecule has 0 aliphatic heterocycles. The first-order valence-corrected chi connectivity index (χ1v) is 6.23. The molecule has 4 nitrogen and oxygen atoms in total. The second-order valence-corrected chi connectivity index (χ2v) is 5.62. The highest BCUT2D eigenvalue weighted by Crippen LogP contribution is 2.21. The number of aliphatic hydroxyl groups is 1. The first-order valence-electron chi connectivity index (χ1n) is 6.23. The number of ether oxygens (including phenoxy) is 1. The van der Waals surface area contributed by atoms with Crippen LogP contribution in [-0.4, -0.2) is 37.4 Å². The zero-order valence-electron chi connectivity index (χ0n) is 11.7. The molecule has 0 bridgehead atoms. The van der Waals surface area contributed by atoms with Crippen LogP contribution in [0.2, 0.25) is 0 Å². The van der Waals surface area contributed by atoms with Crippen molar-refractivity contribution in [2.75, 3.05) is 20.3 Å². The van der Waals surface area contributed by atoms with Crippen LogP contribution in [0.1, 0.15) is 40.5 Å². The number of nitrogens with one attached hydrogen (secondary N) is 1. The monoisotopic (exact) mass is 245 g/mol. The first-order chi connectivity index (χ1) is 7.78. The highest BCUT2D eigenvalue weighted by Gasteiger charge is 2.22. The lowest BCUT2D eigenvalue weighted by molar-refractivity contribution is -0.125. The summed E-state index contributed by atoms with van der Waals surface area (Å²) in [6.45, 7) is 8.94. The van der Waals surface area contributed by atoms with Crippen LogP contribution in [0.5, 0.6) is 0 Å². The van der Waals surface area contributed by atoms with Crippen molar-refractivity contribution in [2.45, 2.75) is 46.6 Å². The highest BCUT2D eigenvalue weighted by atomic mass is 16.5. The maximum Gasteiger partial charge on any atom is 0.222 e. The van der Waals surface area contributed by atoms with E-state index in [1.54, 1.807) is 14.0 Å². The van der Waals surface area contributed by atoms with Crippen molar-refractivity contribution in [2.24, 2.45) is 11.3 Å². The van der Waals surface area contributed by atoms with Crippen LogP contribution in [0.4, 0.5) is 0 Å². The van der Waals surface area contributed by atoms with Gasteiger partial charge in [0.05, 0.1) is 6.10 Å². The van der Waals surface area contributed by atoms with E-state index in [2.05, 4.69) is 5.32 Å². The van der Waals surface area contributed by atoms with Gasteiger partial charge in [0.1, 0.15) is 0 Å². The van der Waals surface area contributed by atoms with E-state index in [0.29, 0.717) is 19.6 Å². The normalized spacial score (nSPS) is 15.4. The van der Waals surface area contributed by atoms with Gasteiger partial charge >= 0.3 is 0 Å². The molecule has 0 aliphatic carbocycles. The van der Waals surface area contributed by atoms with Crippen molar-refractivity contribution in [1.29, 1.82) is 0 Å². The molecule has 0 spiro atoms. The minimum Gasteiger partial charge on any atom is -0.393 e. The number of carbonyl (C=O) groups is 1. The van der Waals surface area contributed by atoms with Gasteiger partial charge in [0.15, 0.2) is 0 Å². The summed E-state index contributed by atoms with van der Waals surface area (Å²) in [5.74, 6) is 0.0259. The summed E-state index contributed by atoms with van der Waals surface area (Å²) in [4.78, 5) is 11.8. The largest absolute Gasteiger partial charge is 0.393 e. The molecule has 0 fully saturated rings. The third-order valence-electron chi connectivity index (χ3n) is 2.79. The Morgan fingerprint density at radius 2 is 2.00 bits per heavy atom. The average Bonchev–Trinajstić information content (AvgIpc) is 2.20. The van der Waals surface area contributed by atoms with E-state index in [1.807, 2.05) is 20.8 Å². The molecule has 0 heterocycles. The Labute approximate surface area is 105 Å². The summed E-state index contributed by atoms with van der Waals surface area (Å²) >= 11 is 0. The Morgan fingerprint density at radius 1 is 1.41 bits per heavy atom. The third-order valence-corrected chi connectivity index (χ3v) is 2.79. The van der Waals surface area contributed by atoms with Crippen molar-refractivity contribution >= 4 is 5.91 Å². The summed E-state index contributed by atoms with van der Waals surface area (Å²) in [6, 6.07) is 0. The molecule has 2 N–H and O–H groups in total. The number of hydrogen-bond donors (Lipinski definition) is 2. The molecular formula is C13H27NO3. The molecule has 17 heavy (non-hydrogen) atoms. The molecule has 4 heteroatoms. The maximum atomic E-state index is 11.8. The van der Waals surface area contributed by atoms with Gasteiger partial charge in [-0.25, -0.2) is 0 Å². The number of rotatable bonds is 8. The summed E-state index contributed by atoms with van der Waals surface area (Å²) in [6.07, 6.45) is 1.08. The predicted molar refractivity (Wildman–Crippen MR) is 68.7 cm³/mol. The lowest BCUT2D eigenvalue weighted by atomic mass is 9.87. The van der Waals surface area contributed by atoms with E-state index < -0.39 is 0 Å². The first kappa shape index (κ1) is 16.4. The van der Waals surface area contributed by atoms with E-state index in [1.165, 1.54) is 0 Å². The van der Waals surface area contributed by atoms with Gasteiger partial charge in [0.2, 0.25) is 5.91 Å². The fourth-order valence-electron chi connectivity index (χ4n) is 1.80. The smallest absolute Gasteiger partial charge is 0.222 e. The number of amides is 1. The highest BCUT2D eigenvalue weighted by molar-refractivity contribution is 5.78. The molecule has 0 rings (SSSR count). The minimum atomic E-state index is -0.340. The number of hydrogen-bond acceptors (Lipinski definition) is 3. The van der Waals surface area contributed by atoms with Crippen LogP contribution >= 0.6 is 0 Å². The van der Waals surface area contributed by atoms with Crippen molar-refractivity contribution < 1.29 is 14.6 Å². The van der Waals surface area contributed by atoms with Crippen LogP contribution in [0.25, 0.3) is 0 Å². The summed E-state index contributed by atoms with van der Waals surface area (Å²) in [7, 11) is 1.64. The Bertz CT molecular complexity index is 227. The molecule has 0 aliphatic rings. The van der Waals surface area contributed by atoms with Crippen LogP contribution in [0.15, 0.2) is 0 Å². The number of aliphatic hydroxyl groups excluding tert-OH is 1. The Balaban J connectivity index is 3.97. The van der Waals surface area contributed by atoms with Crippen molar-refractivity contribution in [3.8, 4) is 0 Å². The zero-order chi connectivity index (χ0) is 13.5. The van der Waals surface area contributed by atoms with E-state index in [4.69, 9.17) is 4.74 Å². The zero-order valence-corrected chi connectivity index (χ0v) is 11.7. The van der Waals surface area contributed by atoms with E-state index in [-0.39, 0.29) is 23.3 Å². The van der Waals surface area contributed by atoms with Crippen molar-refractivity contribution in [3.05, 3.63) is 0 Å². The van der Waals surface area contributed by atoms with Gasteiger partial charge in [0.25, 0.3) is 0 Å². The van der Waals surface area contributed by atoms with Gasteiger partial charge in [-0.05, 0) is 25.2 Å². The molecule has 0 aromatic heterocycles. The third kappa shape index (κ3) is 8.16. The maximum absolute atomic E-state index is 11.8. The minimum absolute atomic E-state index is 0.0303. The van der Waals surface area contributed by atoms with Gasteiger partial charge in [0, 0.05) is 26.2 Å². The molecule has 0 saturated heterocycles. The van der Waals surface area contributed by atoms with Crippen LogP contribution in [0.3, 0.4) is 0 Å². The number of carbonyl (C=O) groups excluding carboxylic acids is 1. The Hall–Kier alpha value is -0.610. The second-order valence-electron chi connectivity index (χ2n) is 5.62. The Morgan fingerprint density at radius 3 is 2.47 bits per heavy atom. The second kappa shape index (κ2) is 7.67. The molecule has 102 valence electrons. The molecule has 2 atom stereocenters. The van der Waals surface area contributed by atoms with Gasteiger partial charge in [-0.2, -0.15) is 0 Å². The number of methoxy groups -OCH3 is 1. The average molecular weight is 245 g/mol. The molecule has 2 unspecified atom stereocenters. The lowest BCUT2D eigenvalue weighted by Crippen LogP contribution is -2.38. The fourth-order valence-corrected chi connectivity index (χ4v) is 1.80. The summed E-state index contributed by atoms with van der Waals surface area (Å²) in [5, 5.41) is 12.3. The molecule has 0 radical (unpaired) electrons. The van der Waals surface area contributed by atoms with Crippen LogP contribution < -0.4 is 5.32 Å². The van der Waals surface area contributed by atoms with E-state index in [0.717, 1.165) is 6.42 Å². The van der Waals surface area contributed by atoms with E-state index in [9.17, 15) is 9.90 Å². The van der Waals surface area contributed by atoms with E-state index >= 15 is 0 Å². The van der Waals surface area contributed by atoms with Gasteiger partial charge in [-0.15, -0.1) is 0 Å². The standard InChI is InChI=1S/C13H27NO3/c1-10(6-7-17-5)12(16)14-9-13(3,4)8-11(2)15/h10-11,15H,6-9H2,1-5H3,(H,14,16). The van der Waals surface area contributed by atoms with Crippen molar-refractivity contribution in [3.63, 3.8) is 0 Å². The summed E-state index contributed by atoms with van der Waals surface area (Å²) < 4.78 is 4.95. The fraction of sp³-hybridized carbons (Fsp3) is 0.923. The molecular weight excluding hydrogens is 218 g/mol. The topological polar surface area (TPSA) is 58.6 Å². The van der Waals surface area contributed by atoms with Gasteiger partial charge in [-0.1, -0.05) is 20.8 Å². The molecule has 0 saturated carbocycles. The molecule has 0 aromatic carbocycles. The molecule has 1 amide bonds. The Kier molecular flexibility index (Phi) is 7.39. The van der Waals surface area contributed by atoms with Gasteiger partial charge < -0.3 is 15.2 Å². The molecule has 0 aromatic rings. The van der Waals surface area contributed by atoms with Crippen LogP contribution in [0, 0.1) is 11.3 Å². The SMILES string of the molecule is COCCC(C)C(=O)NCC(C)(C)CC(C)O. The van der Waals surface area contributed by atoms with Gasteiger partial charge in [-0.3, -0.25) is 4.79 Å². The predicted octanol–water partition coefficient (Wildman–Crippen LogP) is 1.57. The summed E-state index contributed by atoms with van der Waals surface area (Å²) in [5.41, 5.74) is -0.0786. The van der Waals surface area contributed by atoms with Crippen molar-refractivity contribution in [1.82, 2.24) is 5.32 Å². The van der Waals surface area contributed by atoms with Crippen LogP contribution in [-0.2, 0) is 9.53 Å². The quantitative estimate of drug-likeness (QED) is 0.682. The lowest BCUT2D eigenvalue weighted by Gasteiger charge is -2.27.